The molecule has 0 saturated carbocycles. The van der Waals surface area contributed by atoms with Crippen molar-refractivity contribution in [2.45, 2.75) is 12.6 Å². The fourth-order valence-corrected chi connectivity index (χ4v) is 2.88. The van der Waals surface area contributed by atoms with Crippen LogP contribution in [0.2, 0.25) is 0 Å². The Labute approximate surface area is 155 Å². The molecule has 0 aliphatic carbocycles. The van der Waals surface area contributed by atoms with Crippen LogP contribution in [0.1, 0.15) is 17.2 Å². The van der Waals surface area contributed by atoms with Crippen LogP contribution in [-0.2, 0) is 6.61 Å². The van der Waals surface area contributed by atoms with E-state index in [9.17, 15) is 0 Å². The molecule has 1 fully saturated rings. The summed E-state index contributed by atoms with van der Waals surface area (Å²) in [4.78, 5) is 0. The van der Waals surface area contributed by atoms with E-state index in [0.717, 1.165) is 36.5 Å². The van der Waals surface area contributed by atoms with Crippen LogP contribution in [0.25, 0.3) is 0 Å². The number of rotatable bonds is 6. The molecule has 2 aromatic rings. The van der Waals surface area contributed by atoms with Crippen molar-refractivity contribution < 1.29 is 14.2 Å². The van der Waals surface area contributed by atoms with Gasteiger partial charge < -0.3 is 24.8 Å². The van der Waals surface area contributed by atoms with Crippen LogP contribution >= 0.6 is 12.4 Å². The van der Waals surface area contributed by atoms with E-state index in [2.05, 4.69) is 22.8 Å². The molecule has 136 valence electrons. The van der Waals surface area contributed by atoms with Gasteiger partial charge in [-0.15, -0.1) is 12.4 Å². The standard InChI is InChI=1S/C19H24N2O3.ClH/c1-22-18-10-15(16-12-20-8-9-21-16)17(11-19(18)23-2)24-13-14-6-4-3-5-7-14;/h3-7,10-11,16,20-21H,8-9,12-13H2,1-2H3;1H/t16-;/m0./s1. The molecule has 0 radical (unpaired) electrons. The van der Waals surface area contributed by atoms with Crippen LogP contribution < -0.4 is 24.8 Å². The van der Waals surface area contributed by atoms with Gasteiger partial charge >= 0.3 is 0 Å². The van der Waals surface area contributed by atoms with Gasteiger partial charge in [-0.25, -0.2) is 0 Å². The van der Waals surface area contributed by atoms with Crippen molar-refractivity contribution in [3.63, 3.8) is 0 Å². The van der Waals surface area contributed by atoms with E-state index >= 15 is 0 Å². The Morgan fingerprint density at radius 2 is 1.68 bits per heavy atom. The lowest BCUT2D eigenvalue weighted by Crippen LogP contribution is -2.42. The van der Waals surface area contributed by atoms with Crippen LogP contribution in [0.5, 0.6) is 17.2 Å². The van der Waals surface area contributed by atoms with Crippen molar-refractivity contribution >= 4 is 12.4 Å². The summed E-state index contributed by atoms with van der Waals surface area (Å²) in [5.74, 6) is 2.21. The Kier molecular flexibility index (Phi) is 7.37. The second kappa shape index (κ2) is 9.51. The lowest BCUT2D eigenvalue weighted by Gasteiger charge is -2.27. The molecule has 1 aliphatic heterocycles. The minimum Gasteiger partial charge on any atom is -0.493 e. The molecule has 3 rings (SSSR count). The molecular weight excluding hydrogens is 340 g/mol. The third kappa shape index (κ3) is 4.78. The average Bonchev–Trinajstić information content (AvgIpc) is 2.67. The average molecular weight is 365 g/mol. The van der Waals surface area contributed by atoms with Gasteiger partial charge in [0.1, 0.15) is 12.4 Å². The van der Waals surface area contributed by atoms with Crippen molar-refractivity contribution in [2.24, 2.45) is 0 Å². The Morgan fingerprint density at radius 1 is 0.960 bits per heavy atom. The first-order chi connectivity index (χ1) is 11.8. The van der Waals surface area contributed by atoms with Crippen LogP contribution in [0.15, 0.2) is 42.5 Å². The number of methoxy groups -OCH3 is 2. The van der Waals surface area contributed by atoms with E-state index < -0.39 is 0 Å². The summed E-state index contributed by atoms with van der Waals surface area (Å²) in [6.07, 6.45) is 0. The summed E-state index contributed by atoms with van der Waals surface area (Å²) in [6, 6.07) is 14.2. The highest BCUT2D eigenvalue weighted by atomic mass is 35.5. The third-order valence-electron chi connectivity index (χ3n) is 4.17. The maximum Gasteiger partial charge on any atom is 0.164 e. The third-order valence-corrected chi connectivity index (χ3v) is 4.17. The smallest absolute Gasteiger partial charge is 0.164 e. The van der Waals surface area contributed by atoms with E-state index in [-0.39, 0.29) is 18.4 Å². The molecule has 2 N–H and O–H groups in total. The van der Waals surface area contributed by atoms with Crippen molar-refractivity contribution in [3.8, 4) is 17.2 Å². The molecule has 0 unspecified atom stereocenters. The Morgan fingerprint density at radius 3 is 2.32 bits per heavy atom. The monoisotopic (exact) mass is 364 g/mol. The second-order valence-electron chi connectivity index (χ2n) is 5.73. The molecule has 6 heteroatoms. The van der Waals surface area contributed by atoms with Crippen molar-refractivity contribution in [3.05, 3.63) is 53.6 Å². The summed E-state index contributed by atoms with van der Waals surface area (Å²) >= 11 is 0. The van der Waals surface area contributed by atoms with E-state index in [1.807, 2.05) is 30.3 Å². The number of hydrogen-bond acceptors (Lipinski definition) is 5. The summed E-state index contributed by atoms with van der Waals surface area (Å²) < 4.78 is 17.0. The van der Waals surface area contributed by atoms with E-state index in [1.165, 1.54) is 0 Å². The summed E-state index contributed by atoms with van der Waals surface area (Å²) in [5, 5.41) is 6.93. The minimum absolute atomic E-state index is 0. The maximum absolute atomic E-state index is 6.12. The molecule has 25 heavy (non-hydrogen) atoms. The van der Waals surface area contributed by atoms with Crippen LogP contribution in [0.4, 0.5) is 0 Å². The number of hydrogen-bond donors (Lipinski definition) is 2. The maximum atomic E-state index is 6.12. The first kappa shape index (κ1) is 19.4. The molecule has 1 atom stereocenters. The summed E-state index contributed by atoms with van der Waals surface area (Å²) in [7, 11) is 3.29. The molecule has 0 aromatic heterocycles. The zero-order valence-electron chi connectivity index (χ0n) is 14.6. The molecular formula is C19H25ClN2O3. The highest BCUT2D eigenvalue weighted by Crippen LogP contribution is 2.38. The normalized spacial score (nSPS) is 16.6. The van der Waals surface area contributed by atoms with Crippen LogP contribution in [0.3, 0.4) is 0 Å². The van der Waals surface area contributed by atoms with Crippen LogP contribution in [0, 0.1) is 0 Å². The molecule has 5 nitrogen and oxygen atoms in total. The predicted octanol–water partition coefficient (Wildman–Crippen LogP) is 2.94. The molecule has 0 spiro atoms. The molecule has 0 amide bonds. The largest absolute Gasteiger partial charge is 0.493 e. The van der Waals surface area contributed by atoms with Gasteiger partial charge in [-0.2, -0.15) is 0 Å². The van der Waals surface area contributed by atoms with E-state index in [1.54, 1.807) is 14.2 Å². The van der Waals surface area contributed by atoms with E-state index in [0.29, 0.717) is 18.1 Å². The minimum atomic E-state index is 0. The molecule has 1 aliphatic rings. The fourth-order valence-electron chi connectivity index (χ4n) is 2.88. The topological polar surface area (TPSA) is 51.8 Å². The SMILES string of the molecule is COc1cc(OCc2ccccc2)c([C@@H]2CNCCN2)cc1OC.Cl. The highest BCUT2D eigenvalue weighted by Gasteiger charge is 2.21. The Hall–Kier alpha value is -1.95. The van der Waals surface area contributed by atoms with Gasteiger partial charge in [-0.1, -0.05) is 30.3 Å². The van der Waals surface area contributed by atoms with Gasteiger partial charge in [0.2, 0.25) is 0 Å². The fraction of sp³-hybridized carbons (Fsp3) is 0.368. The van der Waals surface area contributed by atoms with Gasteiger partial charge in [0.25, 0.3) is 0 Å². The lowest BCUT2D eigenvalue weighted by molar-refractivity contribution is 0.290. The predicted molar refractivity (Wildman–Crippen MR) is 101 cm³/mol. The first-order valence-electron chi connectivity index (χ1n) is 8.18. The van der Waals surface area contributed by atoms with Gasteiger partial charge in [-0.3, -0.25) is 0 Å². The number of ether oxygens (including phenoxy) is 3. The zero-order valence-corrected chi connectivity index (χ0v) is 15.4. The quantitative estimate of drug-likeness (QED) is 0.825. The van der Waals surface area contributed by atoms with E-state index in [4.69, 9.17) is 14.2 Å². The second-order valence-corrected chi connectivity index (χ2v) is 5.73. The Bertz CT molecular complexity index is 661. The molecule has 0 bridgehead atoms. The summed E-state index contributed by atoms with van der Waals surface area (Å²) in [6.45, 7) is 3.28. The number of halogens is 1. The van der Waals surface area contributed by atoms with Gasteiger partial charge in [-0.05, 0) is 11.6 Å². The van der Waals surface area contributed by atoms with Crippen molar-refractivity contribution in [1.82, 2.24) is 10.6 Å². The van der Waals surface area contributed by atoms with Crippen molar-refractivity contribution in [1.29, 1.82) is 0 Å². The van der Waals surface area contributed by atoms with Gasteiger partial charge in [0, 0.05) is 37.3 Å². The number of benzene rings is 2. The number of nitrogens with one attached hydrogen (secondary N) is 2. The summed E-state index contributed by atoms with van der Waals surface area (Å²) in [5.41, 5.74) is 2.21. The molecule has 1 heterocycles. The molecule has 1 saturated heterocycles. The van der Waals surface area contributed by atoms with Crippen molar-refractivity contribution in [2.75, 3.05) is 33.9 Å². The van der Waals surface area contributed by atoms with Crippen LogP contribution in [-0.4, -0.2) is 33.9 Å². The molecule has 2 aromatic carbocycles. The lowest BCUT2D eigenvalue weighted by atomic mass is 10.0. The first-order valence-corrected chi connectivity index (χ1v) is 8.18. The Balaban J connectivity index is 0.00000225. The number of piperazine rings is 1. The zero-order chi connectivity index (χ0) is 16.8. The van der Waals surface area contributed by atoms with Gasteiger partial charge in [0.15, 0.2) is 11.5 Å². The highest BCUT2D eigenvalue weighted by molar-refractivity contribution is 5.85. The van der Waals surface area contributed by atoms with Gasteiger partial charge in [0.05, 0.1) is 14.2 Å².